The minimum atomic E-state index is 0.297. The molecule has 3 aromatic rings. The molecule has 0 spiro atoms. The van der Waals surface area contributed by atoms with Crippen LogP contribution in [0.1, 0.15) is 11.1 Å². The average molecular weight is 377 g/mol. The Morgan fingerprint density at radius 1 is 0.964 bits per heavy atom. The topological polar surface area (TPSA) is 73.3 Å². The summed E-state index contributed by atoms with van der Waals surface area (Å²) in [5.74, 6) is 1.54. The monoisotopic (exact) mass is 377 g/mol. The van der Waals surface area contributed by atoms with Crippen LogP contribution in [0, 0.1) is 0 Å². The highest BCUT2D eigenvalue weighted by Gasteiger charge is 2.08. The fourth-order valence-corrected chi connectivity index (χ4v) is 2.84. The summed E-state index contributed by atoms with van der Waals surface area (Å²) < 4.78 is 10.4. The van der Waals surface area contributed by atoms with Gasteiger partial charge in [-0.15, -0.1) is 0 Å². The van der Waals surface area contributed by atoms with Crippen molar-refractivity contribution in [3.8, 4) is 23.0 Å². The van der Waals surface area contributed by atoms with Gasteiger partial charge in [0.25, 0.3) is 0 Å². The molecule has 0 aliphatic heterocycles. The number of carbonyl (C=O) groups excluding carboxylic acids is 1. The molecule has 0 atom stereocenters. The van der Waals surface area contributed by atoms with Gasteiger partial charge in [0.05, 0.1) is 19.9 Å². The van der Waals surface area contributed by atoms with E-state index in [1.165, 1.54) is 5.56 Å². The fourth-order valence-electron chi connectivity index (χ4n) is 2.84. The van der Waals surface area contributed by atoms with Crippen LogP contribution in [0.15, 0.2) is 54.6 Å². The van der Waals surface area contributed by atoms with E-state index < -0.39 is 0 Å². The van der Waals surface area contributed by atoms with Gasteiger partial charge in [-0.25, -0.2) is 0 Å². The van der Waals surface area contributed by atoms with E-state index in [2.05, 4.69) is 15.3 Å². The van der Waals surface area contributed by atoms with Crippen molar-refractivity contribution in [2.75, 3.05) is 26.1 Å². The molecular weight excluding hydrogens is 354 g/mol. The second kappa shape index (κ2) is 9.50. The number of benzene rings is 2. The molecule has 28 heavy (non-hydrogen) atoms. The van der Waals surface area contributed by atoms with Crippen LogP contribution in [-0.4, -0.2) is 37.0 Å². The number of carbonyl (C=O) groups is 1. The van der Waals surface area contributed by atoms with Crippen LogP contribution < -0.4 is 14.8 Å². The molecule has 0 amide bonds. The van der Waals surface area contributed by atoms with Crippen molar-refractivity contribution in [2.24, 2.45) is 0 Å². The maximum Gasteiger partial charge on any atom is 0.318 e. The highest BCUT2D eigenvalue weighted by atomic mass is 16.5. The van der Waals surface area contributed by atoms with E-state index in [9.17, 15) is 4.79 Å². The van der Waals surface area contributed by atoms with Crippen molar-refractivity contribution in [1.82, 2.24) is 9.97 Å². The average Bonchev–Trinajstić information content (AvgIpc) is 2.74. The Kier molecular flexibility index (Phi) is 6.57. The molecule has 144 valence electrons. The lowest BCUT2D eigenvalue weighted by Gasteiger charge is -2.10. The van der Waals surface area contributed by atoms with Gasteiger partial charge in [-0.05, 0) is 35.7 Å². The molecule has 1 heterocycles. The summed E-state index contributed by atoms with van der Waals surface area (Å²) in [5.41, 5.74) is 3.81. The smallest absolute Gasteiger partial charge is 0.318 e. The molecule has 2 aromatic carbocycles. The zero-order valence-corrected chi connectivity index (χ0v) is 16.0. The molecular formula is C22H23N3O3. The highest BCUT2D eigenvalue weighted by Crippen LogP contribution is 2.23. The number of methoxy groups -OCH3 is 2. The quantitative estimate of drug-likeness (QED) is 0.575. The first-order valence-electron chi connectivity index (χ1n) is 9.04. The van der Waals surface area contributed by atoms with Gasteiger partial charge in [-0.1, -0.05) is 30.3 Å². The Labute approximate surface area is 164 Å². The number of nitrogens with one attached hydrogen (secondary N) is 1. The molecule has 0 fully saturated rings. The number of hydrogen-bond acceptors (Lipinski definition) is 6. The lowest BCUT2D eigenvalue weighted by molar-refractivity contribution is -0.107. The van der Waals surface area contributed by atoms with Gasteiger partial charge in [0.15, 0.2) is 0 Å². The van der Waals surface area contributed by atoms with Gasteiger partial charge in [-0.2, -0.15) is 9.97 Å². The Bertz CT molecular complexity index is 927. The molecule has 1 aromatic heterocycles. The van der Waals surface area contributed by atoms with Gasteiger partial charge < -0.3 is 19.6 Å². The maximum absolute atomic E-state index is 10.8. The predicted molar refractivity (Wildman–Crippen MR) is 109 cm³/mol. The molecule has 0 radical (unpaired) electrons. The molecule has 0 saturated carbocycles. The van der Waals surface area contributed by atoms with Crippen LogP contribution in [0.5, 0.6) is 11.8 Å². The summed E-state index contributed by atoms with van der Waals surface area (Å²) in [4.78, 5) is 19.6. The van der Waals surface area contributed by atoms with Crippen LogP contribution in [-0.2, 0) is 17.6 Å². The second-order valence-corrected chi connectivity index (χ2v) is 6.22. The molecule has 0 saturated heterocycles. The van der Waals surface area contributed by atoms with Crippen LogP contribution in [0.25, 0.3) is 11.3 Å². The number of hydrogen-bond donors (Lipinski definition) is 1. The van der Waals surface area contributed by atoms with E-state index in [0.717, 1.165) is 41.8 Å². The van der Waals surface area contributed by atoms with Gasteiger partial charge >= 0.3 is 6.01 Å². The first-order valence-corrected chi connectivity index (χ1v) is 9.04. The van der Waals surface area contributed by atoms with Crippen molar-refractivity contribution < 1.29 is 14.3 Å². The van der Waals surface area contributed by atoms with Crippen molar-refractivity contribution in [3.05, 3.63) is 65.7 Å². The number of aldehydes is 1. The SMILES string of the molecule is COc1ccc(CCNc2cc(-c3cccc(CC=O)c3)nc(OC)n2)cc1. The molecule has 0 unspecified atom stereocenters. The lowest BCUT2D eigenvalue weighted by atomic mass is 10.1. The summed E-state index contributed by atoms with van der Waals surface area (Å²) in [5, 5.41) is 3.33. The van der Waals surface area contributed by atoms with Crippen molar-refractivity contribution >= 4 is 12.1 Å². The number of ether oxygens (including phenoxy) is 2. The van der Waals surface area contributed by atoms with E-state index in [1.807, 2.05) is 54.6 Å². The summed E-state index contributed by atoms with van der Waals surface area (Å²) in [6.07, 6.45) is 2.12. The standard InChI is InChI=1S/C22H23N3O3/c1-27-19-8-6-16(7-9-19)10-12-23-21-15-20(24-22(25-21)28-2)18-5-3-4-17(14-18)11-13-26/h3-9,13-15H,10-12H2,1-2H3,(H,23,24,25). The first-order chi connectivity index (χ1) is 13.7. The number of rotatable bonds is 9. The van der Waals surface area contributed by atoms with E-state index in [4.69, 9.17) is 9.47 Å². The molecule has 6 heteroatoms. The summed E-state index contributed by atoms with van der Waals surface area (Å²) in [7, 11) is 3.20. The minimum absolute atomic E-state index is 0.297. The van der Waals surface area contributed by atoms with Crippen LogP contribution in [0.3, 0.4) is 0 Å². The van der Waals surface area contributed by atoms with Crippen LogP contribution in [0.4, 0.5) is 5.82 Å². The third-order valence-corrected chi connectivity index (χ3v) is 4.31. The summed E-state index contributed by atoms with van der Waals surface area (Å²) >= 11 is 0. The Balaban J connectivity index is 1.73. The van der Waals surface area contributed by atoms with Crippen molar-refractivity contribution in [2.45, 2.75) is 12.8 Å². The van der Waals surface area contributed by atoms with Gasteiger partial charge in [0, 0.05) is 24.6 Å². The predicted octanol–water partition coefficient (Wildman–Crippen LogP) is 3.56. The summed E-state index contributed by atoms with van der Waals surface area (Å²) in [6.45, 7) is 0.719. The number of aromatic nitrogens is 2. The number of nitrogens with zero attached hydrogens (tertiary/aromatic N) is 2. The largest absolute Gasteiger partial charge is 0.497 e. The zero-order chi connectivity index (χ0) is 19.8. The van der Waals surface area contributed by atoms with E-state index in [0.29, 0.717) is 18.2 Å². The van der Waals surface area contributed by atoms with E-state index in [1.54, 1.807) is 14.2 Å². The minimum Gasteiger partial charge on any atom is -0.497 e. The molecule has 6 nitrogen and oxygen atoms in total. The Hall–Kier alpha value is -3.41. The molecule has 0 bridgehead atoms. The van der Waals surface area contributed by atoms with Gasteiger partial charge in [0.1, 0.15) is 17.9 Å². The lowest BCUT2D eigenvalue weighted by Crippen LogP contribution is -2.08. The van der Waals surface area contributed by atoms with Crippen LogP contribution >= 0.6 is 0 Å². The third kappa shape index (κ3) is 5.07. The van der Waals surface area contributed by atoms with Crippen LogP contribution in [0.2, 0.25) is 0 Å². The Morgan fingerprint density at radius 3 is 2.50 bits per heavy atom. The van der Waals surface area contributed by atoms with Gasteiger partial charge in [-0.3, -0.25) is 0 Å². The normalized spacial score (nSPS) is 10.4. The number of anilines is 1. The molecule has 0 aliphatic carbocycles. The van der Waals surface area contributed by atoms with Crippen molar-refractivity contribution in [1.29, 1.82) is 0 Å². The van der Waals surface area contributed by atoms with Gasteiger partial charge in [0.2, 0.25) is 0 Å². The molecule has 3 rings (SSSR count). The zero-order valence-electron chi connectivity index (χ0n) is 16.0. The Morgan fingerprint density at radius 2 is 1.79 bits per heavy atom. The molecule has 1 N–H and O–H groups in total. The van der Waals surface area contributed by atoms with E-state index in [-0.39, 0.29) is 0 Å². The fraction of sp³-hybridized carbons (Fsp3) is 0.227. The maximum atomic E-state index is 10.8. The molecule has 0 aliphatic rings. The summed E-state index contributed by atoms with van der Waals surface area (Å²) in [6, 6.07) is 17.9. The first kappa shape index (κ1) is 19.4. The van der Waals surface area contributed by atoms with E-state index >= 15 is 0 Å². The van der Waals surface area contributed by atoms with Crippen molar-refractivity contribution in [3.63, 3.8) is 0 Å². The highest BCUT2D eigenvalue weighted by molar-refractivity contribution is 5.65. The third-order valence-electron chi connectivity index (χ3n) is 4.31. The second-order valence-electron chi connectivity index (χ2n) is 6.22.